The van der Waals surface area contributed by atoms with Gasteiger partial charge in [-0.2, -0.15) is 0 Å². The summed E-state index contributed by atoms with van der Waals surface area (Å²) in [5.41, 5.74) is 4.25. The Bertz CT molecular complexity index is 967. The van der Waals surface area contributed by atoms with Crippen LogP contribution < -0.4 is 8.92 Å². The predicted octanol–water partition coefficient (Wildman–Crippen LogP) is 4.95. The molecule has 0 unspecified atom stereocenters. The zero-order valence-corrected chi connectivity index (χ0v) is 16.1. The van der Waals surface area contributed by atoms with Crippen molar-refractivity contribution in [3.05, 3.63) is 109 Å². The van der Waals surface area contributed by atoms with E-state index in [9.17, 15) is 8.78 Å². The SMILES string of the molecule is Fc1ccc(-c2ccccc2[Se]c2ccccc2-c2ccc(F)cc2)cc1. The molecule has 4 aromatic rings. The van der Waals surface area contributed by atoms with Gasteiger partial charge in [0.25, 0.3) is 0 Å². The van der Waals surface area contributed by atoms with Crippen LogP contribution in [-0.4, -0.2) is 15.0 Å². The van der Waals surface area contributed by atoms with Gasteiger partial charge in [0.05, 0.1) is 0 Å². The van der Waals surface area contributed by atoms with Crippen molar-refractivity contribution < 1.29 is 8.78 Å². The molecule has 0 heterocycles. The predicted molar refractivity (Wildman–Crippen MR) is 109 cm³/mol. The van der Waals surface area contributed by atoms with Crippen LogP contribution in [0.3, 0.4) is 0 Å². The van der Waals surface area contributed by atoms with Crippen molar-refractivity contribution >= 4 is 23.9 Å². The Morgan fingerprint density at radius 1 is 0.444 bits per heavy atom. The zero-order valence-electron chi connectivity index (χ0n) is 14.4. The average molecular weight is 421 g/mol. The molecule has 0 spiro atoms. The summed E-state index contributed by atoms with van der Waals surface area (Å²) in [5.74, 6) is -0.466. The first-order chi connectivity index (χ1) is 13.2. The van der Waals surface area contributed by atoms with E-state index in [0.29, 0.717) is 0 Å². The van der Waals surface area contributed by atoms with Crippen LogP contribution in [0.4, 0.5) is 8.78 Å². The molecule has 4 rings (SSSR count). The molecule has 0 aliphatic carbocycles. The zero-order chi connectivity index (χ0) is 18.6. The summed E-state index contributed by atoms with van der Waals surface area (Å²) in [4.78, 5) is 0. The van der Waals surface area contributed by atoms with E-state index >= 15 is 0 Å². The van der Waals surface area contributed by atoms with Crippen molar-refractivity contribution in [3.8, 4) is 22.3 Å². The van der Waals surface area contributed by atoms with Gasteiger partial charge in [-0.25, -0.2) is 0 Å². The van der Waals surface area contributed by atoms with Gasteiger partial charge in [0.15, 0.2) is 0 Å². The first-order valence-corrected chi connectivity index (χ1v) is 10.3. The van der Waals surface area contributed by atoms with Crippen molar-refractivity contribution in [2.75, 3.05) is 0 Å². The third-order valence-corrected chi connectivity index (χ3v) is 6.72. The minimum atomic E-state index is -0.233. The van der Waals surface area contributed by atoms with Crippen LogP contribution in [-0.2, 0) is 0 Å². The summed E-state index contributed by atoms with van der Waals surface area (Å²) in [5, 5.41) is 0. The first-order valence-electron chi connectivity index (χ1n) is 8.58. The van der Waals surface area contributed by atoms with Crippen LogP contribution in [0.15, 0.2) is 97.1 Å². The number of benzene rings is 4. The van der Waals surface area contributed by atoms with Gasteiger partial charge in [-0.05, 0) is 0 Å². The summed E-state index contributed by atoms with van der Waals surface area (Å²) in [6.45, 7) is 0. The summed E-state index contributed by atoms with van der Waals surface area (Å²) >= 11 is 0.0515. The van der Waals surface area contributed by atoms with Crippen LogP contribution in [0.1, 0.15) is 0 Å². The van der Waals surface area contributed by atoms with Crippen LogP contribution in [0, 0.1) is 11.6 Å². The van der Waals surface area contributed by atoms with Gasteiger partial charge in [-0.3, -0.25) is 0 Å². The molecule has 0 aliphatic rings. The Kier molecular flexibility index (Phi) is 5.15. The van der Waals surface area contributed by atoms with E-state index < -0.39 is 0 Å². The van der Waals surface area contributed by atoms with Crippen LogP contribution >= 0.6 is 0 Å². The third-order valence-electron chi connectivity index (χ3n) is 4.30. The van der Waals surface area contributed by atoms with Gasteiger partial charge >= 0.3 is 164 Å². The molecule has 27 heavy (non-hydrogen) atoms. The molecular weight excluding hydrogens is 405 g/mol. The van der Waals surface area contributed by atoms with Crippen molar-refractivity contribution in [3.63, 3.8) is 0 Å². The third kappa shape index (κ3) is 4.00. The normalized spacial score (nSPS) is 10.7. The Morgan fingerprint density at radius 3 is 1.22 bits per heavy atom. The Balaban J connectivity index is 1.74. The van der Waals surface area contributed by atoms with E-state index in [1.54, 1.807) is 0 Å². The fourth-order valence-electron chi connectivity index (χ4n) is 2.97. The molecule has 0 saturated heterocycles. The number of rotatable bonds is 4. The van der Waals surface area contributed by atoms with Gasteiger partial charge in [0.1, 0.15) is 0 Å². The molecule has 132 valence electrons. The average Bonchev–Trinajstić information content (AvgIpc) is 2.70. The van der Waals surface area contributed by atoms with Crippen molar-refractivity contribution in [2.24, 2.45) is 0 Å². The van der Waals surface area contributed by atoms with Gasteiger partial charge in [0, 0.05) is 0 Å². The molecule has 0 radical (unpaired) electrons. The van der Waals surface area contributed by atoms with Crippen molar-refractivity contribution in [1.82, 2.24) is 0 Å². The maximum atomic E-state index is 13.3. The molecule has 0 N–H and O–H groups in total. The Morgan fingerprint density at radius 2 is 0.815 bits per heavy atom. The Labute approximate surface area is 163 Å². The topological polar surface area (TPSA) is 0 Å². The van der Waals surface area contributed by atoms with Gasteiger partial charge in [-0.1, -0.05) is 0 Å². The molecule has 3 heteroatoms. The molecule has 0 amide bonds. The number of halogens is 2. The summed E-state index contributed by atoms with van der Waals surface area (Å²) < 4.78 is 29.0. The molecule has 0 aliphatic heterocycles. The quantitative estimate of drug-likeness (QED) is 0.409. The maximum absolute atomic E-state index is 13.3. The van der Waals surface area contributed by atoms with Crippen LogP contribution in [0.5, 0.6) is 0 Å². The summed E-state index contributed by atoms with van der Waals surface area (Å²) in [6, 6.07) is 29.7. The fourth-order valence-corrected chi connectivity index (χ4v) is 5.32. The molecular formula is C24H16F2Se. The van der Waals surface area contributed by atoms with Gasteiger partial charge in [-0.15, -0.1) is 0 Å². The number of hydrogen-bond donors (Lipinski definition) is 0. The van der Waals surface area contributed by atoms with E-state index in [-0.39, 0.29) is 26.6 Å². The summed E-state index contributed by atoms with van der Waals surface area (Å²) in [7, 11) is 0. The van der Waals surface area contributed by atoms with E-state index in [1.807, 2.05) is 48.5 Å². The molecule has 0 aromatic heterocycles. The molecule has 0 fully saturated rings. The summed E-state index contributed by atoms with van der Waals surface area (Å²) in [6.07, 6.45) is 0. The standard InChI is InChI=1S/C24H16F2Se/c25-19-13-9-17(10-14-19)21-5-1-3-7-23(21)27-24-8-4-2-6-22(24)18-11-15-20(26)16-12-18/h1-16H. The Hall–Kier alpha value is -2.74. The second-order valence-corrected chi connectivity index (χ2v) is 8.38. The number of hydrogen-bond acceptors (Lipinski definition) is 0. The fraction of sp³-hybridized carbons (Fsp3) is 0. The molecule has 0 atom stereocenters. The monoisotopic (exact) mass is 422 g/mol. The second kappa shape index (κ2) is 7.87. The van der Waals surface area contributed by atoms with Crippen LogP contribution in [0.25, 0.3) is 22.3 Å². The van der Waals surface area contributed by atoms with E-state index in [4.69, 9.17) is 0 Å². The molecule has 4 aromatic carbocycles. The van der Waals surface area contributed by atoms with Gasteiger partial charge in [0.2, 0.25) is 0 Å². The molecule has 0 bridgehead atoms. The van der Waals surface area contributed by atoms with Crippen molar-refractivity contribution in [1.29, 1.82) is 0 Å². The molecule has 0 nitrogen and oxygen atoms in total. The van der Waals surface area contributed by atoms with E-state index in [2.05, 4.69) is 24.3 Å². The molecule has 0 saturated carbocycles. The van der Waals surface area contributed by atoms with Crippen LogP contribution in [0.2, 0.25) is 0 Å². The second-order valence-electron chi connectivity index (χ2n) is 6.11. The van der Waals surface area contributed by atoms with Crippen molar-refractivity contribution in [2.45, 2.75) is 0 Å². The first kappa shape index (κ1) is 17.7. The van der Waals surface area contributed by atoms with Gasteiger partial charge < -0.3 is 0 Å². The van der Waals surface area contributed by atoms with E-state index in [0.717, 1.165) is 22.3 Å². The van der Waals surface area contributed by atoms with E-state index in [1.165, 1.54) is 33.2 Å². The minimum absolute atomic E-state index is 0.0515.